The van der Waals surface area contributed by atoms with Crippen LogP contribution in [0.5, 0.6) is 0 Å². The van der Waals surface area contributed by atoms with E-state index in [0.29, 0.717) is 12.3 Å². The van der Waals surface area contributed by atoms with E-state index in [1.807, 2.05) is 50.2 Å². The summed E-state index contributed by atoms with van der Waals surface area (Å²) in [5.41, 5.74) is 2.78. The number of nitrogens with zero attached hydrogens (tertiary/aromatic N) is 1. The van der Waals surface area contributed by atoms with E-state index < -0.39 is 11.9 Å². The lowest BCUT2D eigenvalue weighted by molar-refractivity contribution is -0.139. The molecule has 3 nitrogen and oxygen atoms in total. The molecule has 0 aliphatic heterocycles. The SMILES string of the molecule is CC(C)C[C@@H](C(=O)O)c1cncc(-c2ccccc2)c1. The molecule has 1 aromatic heterocycles. The highest BCUT2D eigenvalue weighted by molar-refractivity contribution is 5.77. The highest BCUT2D eigenvalue weighted by Gasteiger charge is 2.21. The first-order valence-electron chi connectivity index (χ1n) is 6.81. The molecule has 2 aromatic rings. The lowest BCUT2D eigenvalue weighted by Gasteiger charge is -2.15. The standard InChI is InChI=1S/C17H19NO2/c1-12(2)8-16(17(19)20)15-9-14(10-18-11-15)13-6-4-3-5-7-13/h3-7,9-12,16H,8H2,1-2H3,(H,19,20)/t16-/m1/s1. The van der Waals surface area contributed by atoms with Gasteiger partial charge >= 0.3 is 5.97 Å². The van der Waals surface area contributed by atoms with E-state index in [-0.39, 0.29) is 0 Å². The quantitative estimate of drug-likeness (QED) is 0.893. The molecule has 0 aliphatic carbocycles. The van der Waals surface area contributed by atoms with Gasteiger partial charge in [0.05, 0.1) is 5.92 Å². The van der Waals surface area contributed by atoms with Crippen LogP contribution in [0, 0.1) is 5.92 Å². The second-order valence-electron chi connectivity index (χ2n) is 5.39. The van der Waals surface area contributed by atoms with Crippen LogP contribution >= 0.6 is 0 Å². The molecular formula is C17H19NO2. The molecule has 0 bridgehead atoms. The van der Waals surface area contributed by atoms with Crippen LogP contribution in [0.4, 0.5) is 0 Å². The van der Waals surface area contributed by atoms with Crippen LogP contribution in [0.2, 0.25) is 0 Å². The van der Waals surface area contributed by atoms with E-state index in [9.17, 15) is 9.90 Å². The Hall–Kier alpha value is -2.16. The van der Waals surface area contributed by atoms with Gasteiger partial charge in [-0.05, 0) is 29.5 Å². The molecular weight excluding hydrogens is 250 g/mol. The molecule has 0 fully saturated rings. The second-order valence-corrected chi connectivity index (χ2v) is 5.39. The topological polar surface area (TPSA) is 50.2 Å². The number of pyridine rings is 1. The lowest BCUT2D eigenvalue weighted by Crippen LogP contribution is -2.14. The van der Waals surface area contributed by atoms with E-state index in [1.54, 1.807) is 12.4 Å². The Morgan fingerprint density at radius 3 is 2.45 bits per heavy atom. The summed E-state index contributed by atoms with van der Waals surface area (Å²) in [6, 6.07) is 11.8. The summed E-state index contributed by atoms with van der Waals surface area (Å²) in [6.07, 6.45) is 4.05. The summed E-state index contributed by atoms with van der Waals surface area (Å²) in [5.74, 6) is -0.951. The molecule has 0 saturated heterocycles. The van der Waals surface area contributed by atoms with Crippen molar-refractivity contribution in [1.29, 1.82) is 0 Å². The van der Waals surface area contributed by atoms with Gasteiger partial charge in [-0.25, -0.2) is 0 Å². The number of hydrogen-bond acceptors (Lipinski definition) is 2. The van der Waals surface area contributed by atoms with E-state index in [0.717, 1.165) is 16.7 Å². The number of carbonyl (C=O) groups is 1. The molecule has 3 heteroatoms. The van der Waals surface area contributed by atoms with Crippen LogP contribution in [0.3, 0.4) is 0 Å². The molecule has 1 N–H and O–H groups in total. The molecule has 0 aliphatic rings. The largest absolute Gasteiger partial charge is 0.481 e. The van der Waals surface area contributed by atoms with Gasteiger partial charge in [-0.3, -0.25) is 9.78 Å². The zero-order chi connectivity index (χ0) is 14.5. The van der Waals surface area contributed by atoms with Crippen LogP contribution in [0.1, 0.15) is 31.7 Å². The van der Waals surface area contributed by atoms with Gasteiger partial charge in [0.1, 0.15) is 0 Å². The molecule has 1 aromatic carbocycles. The van der Waals surface area contributed by atoms with Crippen LogP contribution in [0.15, 0.2) is 48.8 Å². The fourth-order valence-electron chi connectivity index (χ4n) is 2.29. The van der Waals surface area contributed by atoms with E-state index in [2.05, 4.69) is 4.98 Å². The van der Waals surface area contributed by atoms with Gasteiger partial charge in [0.2, 0.25) is 0 Å². The van der Waals surface area contributed by atoms with Gasteiger partial charge in [-0.15, -0.1) is 0 Å². The molecule has 1 atom stereocenters. The van der Waals surface area contributed by atoms with Crippen LogP contribution in [0.25, 0.3) is 11.1 Å². The Labute approximate surface area is 119 Å². The maximum atomic E-state index is 11.5. The van der Waals surface area contributed by atoms with E-state index >= 15 is 0 Å². The van der Waals surface area contributed by atoms with Crippen molar-refractivity contribution in [2.45, 2.75) is 26.2 Å². The van der Waals surface area contributed by atoms with Gasteiger partial charge in [0.15, 0.2) is 0 Å². The van der Waals surface area contributed by atoms with Gasteiger partial charge in [0, 0.05) is 18.0 Å². The van der Waals surface area contributed by atoms with Gasteiger partial charge in [0.25, 0.3) is 0 Å². The van der Waals surface area contributed by atoms with Gasteiger partial charge in [-0.2, -0.15) is 0 Å². The van der Waals surface area contributed by atoms with Crippen molar-refractivity contribution in [3.63, 3.8) is 0 Å². The summed E-state index contributed by atoms with van der Waals surface area (Å²) >= 11 is 0. The van der Waals surface area contributed by atoms with Crippen molar-refractivity contribution in [2.24, 2.45) is 5.92 Å². The molecule has 1 heterocycles. The first kappa shape index (κ1) is 14.3. The van der Waals surface area contributed by atoms with Crippen molar-refractivity contribution in [3.05, 3.63) is 54.4 Å². The van der Waals surface area contributed by atoms with Crippen LogP contribution in [-0.2, 0) is 4.79 Å². The Morgan fingerprint density at radius 1 is 1.15 bits per heavy atom. The van der Waals surface area contributed by atoms with Crippen LogP contribution in [-0.4, -0.2) is 16.1 Å². The maximum absolute atomic E-state index is 11.5. The van der Waals surface area contributed by atoms with Gasteiger partial charge in [-0.1, -0.05) is 44.2 Å². The normalized spacial score (nSPS) is 12.3. The molecule has 0 saturated carbocycles. The van der Waals surface area contributed by atoms with E-state index in [1.165, 1.54) is 0 Å². The van der Waals surface area contributed by atoms with Gasteiger partial charge < -0.3 is 5.11 Å². The minimum atomic E-state index is -0.786. The smallest absolute Gasteiger partial charge is 0.311 e. The number of carboxylic acid groups (broad SMARTS) is 1. The molecule has 0 amide bonds. The predicted octanol–water partition coefficient (Wildman–Crippen LogP) is 3.96. The number of aliphatic carboxylic acids is 1. The minimum absolute atomic E-state index is 0.330. The van der Waals surface area contributed by atoms with Crippen molar-refractivity contribution < 1.29 is 9.90 Å². The third-order valence-corrected chi connectivity index (χ3v) is 3.27. The minimum Gasteiger partial charge on any atom is -0.481 e. The highest BCUT2D eigenvalue weighted by Crippen LogP contribution is 2.27. The third-order valence-electron chi connectivity index (χ3n) is 3.27. The lowest BCUT2D eigenvalue weighted by atomic mass is 9.90. The number of aromatic nitrogens is 1. The Morgan fingerprint density at radius 2 is 1.85 bits per heavy atom. The summed E-state index contributed by atoms with van der Waals surface area (Å²) in [5, 5.41) is 9.41. The number of hydrogen-bond donors (Lipinski definition) is 1. The first-order chi connectivity index (χ1) is 9.58. The maximum Gasteiger partial charge on any atom is 0.311 e. The number of benzene rings is 1. The second kappa shape index (κ2) is 6.33. The summed E-state index contributed by atoms with van der Waals surface area (Å²) in [4.78, 5) is 15.7. The molecule has 104 valence electrons. The van der Waals surface area contributed by atoms with E-state index in [4.69, 9.17) is 0 Å². The van der Waals surface area contributed by atoms with Crippen molar-refractivity contribution in [3.8, 4) is 11.1 Å². The molecule has 20 heavy (non-hydrogen) atoms. The fraction of sp³-hybridized carbons (Fsp3) is 0.294. The van der Waals surface area contributed by atoms with Crippen molar-refractivity contribution >= 4 is 5.97 Å². The fourth-order valence-corrected chi connectivity index (χ4v) is 2.29. The number of rotatable bonds is 5. The molecule has 0 unspecified atom stereocenters. The van der Waals surface area contributed by atoms with Crippen LogP contribution < -0.4 is 0 Å². The zero-order valence-corrected chi connectivity index (χ0v) is 11.8. The highest BCUT2D eigenvalue weighted by atomic mass is 16.4. The summed E-state index contributed by atoms with van der Waals surface area (Å²) in [6.45, 7) is 4.06. The average molecular weight is 269 g/mol. The average Bonchev–Trinajstić information content (AvgIpc) is 2.45. The predicted molar refractivity (Wildman–Crippen MR) is 79.5 cm³/mol. The zero-order valence-electron chi connectivity index (χ0n) is 11.8. The Kier molecular flexibility index (Phi) is 4.51. The van der Waals surface area contributed by atoms with Crippen molar-refractivity contribution in [2.75, 3.05) is 0 Å². The molecule has 2 rings (SSSR count). The monoisotopic (exact) mass is 269 g/mol. The molecule has 0 spiro atoms. The third kappa shape index (κ3) is 3.44. The summed E-state index contributed by atoms with van der Waals surface area (Å²) in [7, 11) is 0. The number of carboxylic acids is 1. The first-order valence-corrected chi connectivity index (χ1v) is 6.81. The van der Waals surface area contributed by atoms with Crippen molar-refractivity contribution in [1.82, 2.24) is 4.98 Å². The summed E-state index contributed by atoms with van der Waals surface area (Å²) < 4.78 is 0. The Balaban J connectivity index is 2.35. The Bertz CT molecular complexity index is 579. The molecule has 0 radical (unpaired) electrons.